The molecule has 3 aromatic rings. The van der Waals surface area contributed by atoms with Crippen molar-refractivity contribution in [2.45, 2.75) is 20.4 Å². The van der Waals surface area contributed by atoms with Crippen LogP contribution in [0.4, 0.5) is 15.2 Å². The predicted molar refractivity (Wildman–Crippen MR) is 114 cm³/mol. The monoisotopic (exact) mass is 426 g/mol. The lowest BCUT2D eigenvalue weighted by molar-refractivity contribution is -0.119. The van der Waals surface area contributed by atoms with E-state index in [1.807, 2.05) is 0 Å². The molecule has 7 nitrogen and oxygen atoms in total. The Balaban J connectivity index is 1.67. The molecule has 9 heteroatoms. The number of amides is 3. The first-order valence-electron chi connectivity index (χ1n) is 8.99. The highest BCUT2D eigenvalue weighted by atomic mass is 32.1. The van der Waals surface area contributed by atoms with Crippen LogP contribution in [-0.4, -0.2) is 22.7 Å². The van der Waals surface area contributed by atoms with Gasteiger partial charge in [-0.2, -0.15) is 0 Å². The topological polar surface area (TPSA) is 100 Å². The molecule has 0 bridgehead atoms. The number of carbonyl (C=O) groups is 3. The molecule has 0 fully saturated rings. The summed E-state index contributed by atoms with van der Waals surface area (Å²) in [5, 5.41) is 9.88. The maximum absolute atomic E-state index is 14.4. The quantitative estimate of drug-likeness (QED) is 0.558. The summed E-state index contributed by atoms with van der Waals surface area (Å²) in [6.45, 7) is 3.17. The van der Waals surface area contributed by atoms with Crippen molar-refractivity contribution in [3.63, 3.8) is 0 Å². The molecule has 0 radical (unpaired) electrons. The minimum atomic E-state index is -0.529. The smallest absolute Gasteiger partial charge is 0.257 e. The fourth-order valence-electron chi connectivity index (χ4n) is 2.63. The Labute approximate surface area is 176 Å². The Bertz CT molecular complexity index is 1100. The number of nitrogens with one attached hydrogen (secondary N) is 3. The number of carbonyl (C=O) groups excluding carboxylic acids is 3. The van der Waals surface area contributed by atoms with E-state index in [-0.39, 0.29) is 23.3 Å². The van der Waals surface area contributed by atoms with Gasteiger partial charge in [0.15, 0.2) is 5.13 Å². The van der Waals surface area contributed by atoms with Gasteiger partial charge in [0.25, 0.3) is 5.91 Å². The number of anilines is 2. The summed E-state index contributed by atoms with van der Waals surface area (Å²) in [5.74, 6) is -1.29. The molecular weight excluding hydrogens is 407 g/mol. The van der Waals surface area contributed by atoms with Gasteiger partial charge in [0.2, 0.25) is 11.8 Å². The van der Waals surface area contributed by atoms with Gasteiger partial charge in [-0.05, 0) is 35.9 Å². The van der Waals surface area contributed by atoms with E-state index < -0.39 is 5.82 Å². The Hall–Kier alpha value is -3.59. The second-order valence-corrected chi connectivity index (χ2v) is 7.33. The highest BCUT2D eigenvalue weighted by Gasteiger charge is 2.13. The first kappa shape index (κ1) is 21.1. The standard InChI is InChI=1S/C21H19FN4O3S/c1-12(27)23-10-14-3-5-15(6-4-14)20(29)26-21-25-19(11-30-21)17-8-7-16(9-18(17)22)24-13(2)28/h3-9,11H,10H2,1-2H3,(H,23,27)(H,24,28)(H,25,26,29). The van der Waals surface area contributed by atoms with Crippen LogP contribution in [0.15, 0.2) is 47.8 Å². The number of nitrogens with zero attached hydrogens (tertiary/aromatic N) is 1. The van der Waals surface area contributed by atoms with Gasteiger partial charge in [-0.15, -0.1) is 11.3 Å². The van der Waals surface area contributed by atoms with Gasteiger partial charge in [0.05, 0.1) is 5.69 Å². The van der Waals surface area contributed by atoms with Crippen LogP contribution in [0.3, 0.4) is 0 Å². The lowest BCUT2D eigenvalue weighted by atomic mass is 10.1. The Morgan fingerprint density at radius 1 is 1.00 bits per heavy atom. The number of thiazole rings is 1. The maximum atomic E-state index is 14.4. The third-order valence-corrected chi connectivity index (χ3v) is 4.81. The number of aromatic nitrogens is 1. The minimum Gasteiger partial charge on any atom is -0.352 e. The lowest BCUT2D eigenvalue weighted by Crippen LogP contribution is -2.19. The highest BCUT2D eigenvalue weighted by Crippen LogP contribution is 2.29. The molecule has 0 atom stereocenters. The fourth-order valence-corrected chi connectivity index (χ4v) is 3.33. The maximum Gasteiger partial charge on any atom is 0.257 e. The molecule has 3 rings (SSSR count). The van der Waals surface area contributed by atoms with Crippen LogP contribution in [0.1, 0.15) is 29.8 Å². The third kappa shape index (κ3) is 5.48. The van der Waals surface area contributed by atoms with E-state index in [2.05, 4.69) is 20.9 Å². The summed E-state index contributed by atoms with van der Waals surface area (Å²) < 4.78 is 14.4. The van der Waals surface area contributed by atoms with Crippen LogP contribution in [0.5, 0.6) is 0 Å². The van der Waals surface area contributed by atoms with E-state index in [1.165, 1.54) is 37.3 Å². The van der Waals surface area contributed by atoms with Gasteiger partial charge >= 0.3 is 0 Å². The van der Waals surface area contributed by atoms with Crippen molar-refractivity contribution in [1.82, 2.24) is 10.3 Å². The number of hydrogen-bond donors (Lipinski definition) is 3. The zero-order valence-electron chi connectivity index (χ0n) is 16.3. The molecule has 0 saturated carbocycles. The summed E-state index contributed by atoms with van der Waals surface area (Å²) in [6, 6.07) is 11.1. The van der Waals surface area contributed by atoms with Crippen LogP contribution in [0, 0.1) is 5.82 Å². The molecule has 1 aromatic heterocycles. The summed E-state index contributed by atoms with van der Waals surface area (Å²) in [4.78, 5) is 38.7. The van der Waals surface area contributed by atoms with Crippen LogP contribution in [0.25, 0.3) is 11.3 Å². The van der Waals surface area contributed by atoms with E-state index in [0.717, 1.165) is 5.56 Å². The highest BCUT2D eigenvalue weighted by molar-refractivity contribution is 7.14. The SMILES string of the molecule is CC(=O)NCc1ccc(C(=O)Nc2nc(-c3ccc(NC(C)=O)cc3F)cs2)cc1. The van der Waals surface area contributed by atoms with Crippen LogP contribution < -0.4 is 16.0 Å². The van der Waals surface area contributed by atoms with Crippen LogP contribution in [-0.2, 0) is 16.1 Å². The molecule has 0 aliphatic heterocycles. The fraction of sp³-hybridized carbons (Fsp3) is 0.143. The largest absolute Gasteiger partial charge is 0.352 e. The summed E-state index contributed by atoms with van der Waals surface area (Å²) in [5.41, 5.74) is 2.31. The zero-order chi connectivity index (χ0) is 21.7. The number of halogens is 1. The predicted octanol–water partition coefficient (Wildman–Crippen LogP) is 3.80. The van der Waals surface area contributed by atoms with Gasteiger partial charge in [0.1, 0.15) is 5.82 Å². The van der Waals surface area contributed by atoms with Gasteiger partial charge in [0, 0.05) is 42.6 Å². The second-order valence-electron chi connectivity index (χ2n) is 6.47. The molecule has 0 aliphatic carbocycles. The minimum absolute atomic E-state index is 0.127. The van der Waals surface area contributed by atoms with E-state index in [1.54, 1.807) is 35.7 Å². The van der Waals surface area contributed by atoms with Crippen molar-refractivity contribution in [3.8, 4) is 11.3 Å². The molecule has 0 spiro atoms. The van der Waals surface area contributed by atoms with Gasteiger partial charge in [-0.25, -0.2) is 9.37 Å². The Morgan fingerprint density at radius 3 is 2.37 bits per heavy atom. The van der Waals surface area contributed by atoms with Crippen molar-refractivity contribution < 1.29 is 18.8 Å². The average Bonchev–Trinajstić information content (AvgIpc) is 3.14. The van der Waals surface area contributed by atoms with Gasteiger partial charge in [-0.1, -0.05) is 12.1 Å². The molecule has 0 saturated heterocycles. The molecule has 0 aliphatic rings. The van der Waals surface area contributed by atoms with Gasteiger partial charge in [-0.3, -0.25) is 19.7 Å². The first-order valence-corrected chi connectivity index (χ1v) is 9.87. The molecular formula is C21H19FN4O3S. The van der Waals surface area contributed by atoms with Crippen molar-refractivity contribution >= 4 is 39.9 Å². The summed E-state index contributed by atoms with van der Waals surface area (Å²) in [7, 11) is 0. The van der Waals surface area contributed by atoms with Crippen molar-refractivity contribution in [2.75, 3.05) is 10.6 Å². The molecule has 3 N–H and O–H groups in total. The molecule has 0 unspecified atom stereocenters. The van der Waals surface area contributed by atoms with Crippen molar-refractivity contribution in [2.24, 2.45) is 0 Å². The lowest BCUT2D eigenvalue weighted by Gasteiger charge is -2.05. The number of hydrogen-bond acceptors (Lipinski definition) is 5. The van der Waals surface area contributed by atoms with E-state index in [0.29, 0.717) is 28.6 Å². The normalized spacial score (nSPS) is 10.4. The third-order valence-electron chi connectivity index (χ3n) is 4.05. The Morgan fingerprint density at radius 2 is 1.73 bits per heavy atom. The van der Waals surface area contributed by atoms with E-state index in [9.17, 15) is 18.8 Å². The van der Waals surface area contributed by atoms with E-state index >= 15 is 0 Å². The second kappa shape index (κ2) is 9.27. The Kier molecular flexibility index (Phi) is 6.53. The van der Waals surface area contributed by atoms with Crippen LogP contribution >= 0.6 is 11.3 Å². The average molecular weight is 426 g/mol. The molecule has 3 amide bonds. The van der Waals surface area contributed by atoms with E-state index in [4.69, 9.17) is 0 Å². The van der Waals surface area contributed by atoms with Crippen molar-refractivity contribution in [3.05, 3.63) is 64.8 Å². The number of benzene rings is 2. The molecule has 2 aromatic carbocycles. The summed E-state index contributed by atoms with van der Waals surface area (Å²) in [6.07, 6.45) is 0. The first-order chi connectivity index (χ1) is 14.3. The molecule has 1 heterocycles. The zero-order valence-corrected chi connectivity index (χ0v) is 17.1. The summed E-state index contributed by atoms with van der Waals surface area (Å²) >= 11 is 1.18. The van der Waals surface area contributed by atoms with Crippen LogP contribution in [0.2, 0.25) is 0 Å². The number of rotatable bonds is 6. The molecule has 154 valence electrons. The molecule has 30 heavy (non-hydrogen) atoms. The van der Waals surface area contributed by atoms with Crippen molar-refractivity contribution in [1.29, 1.82) is 0 Å². The van der Waals surface area contributed by atoms with Gasteiger partial charge < -0.3 is 10.6 Å².